The van der Waals surface area contributed by atoms with Gasteiger partial charge >= 0.3 is 12.1 Å². The number of fused-ring (bicyclic) bond motifs is 1. The van der Waals surface area contributed by atoms with E-state index in [9.17, 15) is 14.4 Å². The highest BCUT2D eigenvalue weighted by Crippen LogP contribution is 2.20. The van der Waals surface area contributed by atoms with Crippen LogP contribution in [0.3, 0.4) is 0 Å². The van der Waals surface area contributed by atoms with E-state index >= 15 is 0 Å². The number of ketones is 1. The van der Waals surface area contributed by atoms with Crippen molar-refractivity contribution in [1.82, 2.24) is 10.3 Å². The molecule has 172 valence electrons. The van der Waals surface area contributed by atoms with Gasteiger partial charge in [-0.15, -0.1) is 0 Å². The summed E-state index contributed by atoms with van der Waals surface area (Å²) in [6.07, 6.45) is 0.120. The van der Waals surface area contributed by atoms with Gasteiger partial charge in [-0.25, -0.2) is 9.59 Å². The Morgan fingerprint density at radius 3 is 2.26 bits per heavy atom. The lowest BCUT2D eigenvalue weighted by Crippen LogP contribution is -2.46. The number of carbonyl (C=O) groups is 3. The van der Waals surface area contributed by atoms with Crippen LogP contribution in [0.15, 0.2) is 91.1 Å². The predicted octanol–water partition coefficient (Wildman–Crippen LogP) is 4.68. The molecule has 4 rings (SSSR count). The SMILES string of the molecule is C[C@H](OC(=O)[C@@H](Cc1c[nH]c2ccccc12)NC(=O)Oc1ccccc1)C(=O)c1ccccc1. The van der Waals surface area contributed by atoms with E-state index < -0.39 is 24.2 Å². The number of nitrogens with one attached hydrogen (secondary N) is 2. The maximum atomic E-state index is 13.1. The second-order valence-corrected chi connectivity index (χ2v) is 7.77. The third-order valence-electron chi connectivity index (χ3n) is 5.35. The molecule has 3 aromatic carbocycles. The Morgan fingerprint density at radius 2 is 1.53 bits per heavy atom. The van der Waals surface area contributed by atoms with Gasteiger partial charge in [0.15, 0.2) is 6.10 Å². The first-order chi connectivity index (χ1) is 16.5. The van der Waals surface area contributed by atoms with Crippen molar-refractivity contribution in [2.75, 3.05) is 0 Å². The van der Waals surface area contributed by atoms with Gasteiger partial charge in [-0.05, 0) is 30.7 Å². The number of hydrogen-bond acceptors (Lipinski definition) is 5. The minimum absolute atomic E-state index is 0.152. The molecule has 0 saturated heterocycles. The second kappa shape index (κ2) is 10.5. The number of aromatic nitrogens is 1. The van der Waals surface area contributed by atoms with E-state index in [4.69, 9.17) is 9.47 Å². The molecule has 1 aromatic heterocycles. The average molecular weight is 456 g/mol. The van der Waals surface area contributed by atoms with E-state index in [0.717, 1.165) is 16.5 Å². The third kappa shape index (κ3) is 5.50. The quantitative estimate of drug-likeness (QED) is 0.296. The van der Waals surface area contributed by atoms with Gasteiger partial charge in [-0.1, -0.05) is 66.7 Å². The van der Waals surface area contributed by atoms with Gasteiger partial charge in [0.05, 0.1) is 0 Å². The summed E-state index contributed by atoms with van der Waals surface area (Å²) < 4.78 is 10.8. The highest BCUT2D eigenvalue weighted by atomic mass is 16.6. The fourth-order valence-electron chi connectivity index (χ4n) is 3.63. The molecule has 0 unspecified atom stereocenters. The van der Waals surface area contributed by atoms with Crippen molar-refractivity contribution in [2.24, 2.45) is 0 Å². The largest absolute Gasteiger partial charge is 0.453 e. The maximum Gasteiger partial charge on any atom is 0.413 e. The van der Waals surface area contributed by atoms with Crippen LogP contribution in [0.5, 0.6) is 5.75 Å². The number of amides is 1. The zero-order valence-electron chi connectivity index (χ0n) is 18.6. The molecule has 4 aromatic rings. The summed E-state index contributed by atoms with van der Waals surface area (Å²) in [5.74, 6) is -0.717. The molecule has 0 spiro atoms. The number of benzene rings is 3. The number of esters is 1. The van der Waals surface area contributed by atoms with Crippen molar-refractivity contribution >= 4 is 28.7 Å². The molecule has 1 amide bonds. The first-order valence-corrected chi connectivity index (χ1v) is 10.9. The summed E-state index contributed by atoms with van der Waals surface area (Å²) in [5.41, 5.74) is 2.16. The average Bonchev–Trinajstić information content (AvgIpc) is 3.27. The minimum Gasteiger partial charge on any atom is -0.453 e. The minimum atomic E-state index is -1.07. The van der Waals surface area contributed by atoms with E-state index in [0.29, 0.717) is 11.3 Å². The fourth-order valence-corrected chi connectivity index (χ4v) is 3.63. The van der Waals surface area contributed by atoms with Crippen LogP contribution in [0.1, 0.15) is 22.8 Å². The van der Waals surface area contributed by atoms with Crippen molar-refractivity contribution in [3.8, 4) is 5.75 Å². The van der Waals surface area contributed by atoms with E-state index in [1.807, 2.05) is 24.3 Å². The molecule has 0 aliphatic rings. The number of Topliss-reactive ketones (excluding diaryl/α,β-unsaturated/α-hetero) is 1. The highest BCUT2D eigenvalue weighted by Gasteiger charge is 2.28. The Balaban J connectivity index is 1.51. The van der Waals surface area contributed by atoms with Gasteiger partial charge in [-0.2, -0.15) is 0 Å². The molecule has 34 heavy (non-hydrogen) atoms. The lowest BCUT2D eigenvalue weighted by molar-refractivity contribution is -0.148. The van der Waals surface area contributed by atoms with Crippen LogP contribution in [0.2, 0.25) is 0 Å². The van der Waals surface area contributed by atoms with Crippen molar-refractivity contribution in [1.29, 1.82) is 0 Å². The number of H-pyrrole nitrogens is 1. The molecule has 0 aliphatic heterocycles. The topological polar surface area (TPSA) is 97.5 Å². The molecule has 2 N–H and O–H groups in total. The van der Waals surface area contributed by atoms with Crippen molar-refractivity contribution < 1.29 is 23.9 Å². The van der Waals surface area contributed by atoms with Crippen LogP contribution >= 0.6 is 0 Å². The number of ether oxygens (including phenoxy) is 2. The zero-order chi connectivity index (χ0) is 23.9. The molecule has 0 saturated carbocycles. The van der Waals surface area contributed by atoms with Crippen molar-refractivity contribution in [3.05, 3.63) is 102 Å². The molecule has 7 heteroatoms. The molecular formula is C27H24N2O5. The van der Waals surface area contributed by atoms with Crippen molar-refractivity contribution in [2.45, 2.75) is 25.5 Å². The summed E-state index contributed by atoms with van der Waals surface area (Å²) >= 11 is 0. The Kier molecular flexibility index (Phi) is 7.03. The Bertz CT molecular complexity index is 1280. The van der Waals surface area contributed by atoms with E-state index in [2.05, 4.69) is 10.3 Å². The van der Waals surface area contributed by atoms with E-state index in [-0.39, 0.29) is 12.2 Å². The van der Waals surface area contributed by atoms with Gasteiger partial charge < -0.3 is 19.8 Å². The normalized spacial score (nSPS) is 12.5. The van der Waals surface area contributed by atoms with Gasteiger partial charge in [0.25, 0.3) is 0 Å². The third-order valence-corrected chi connectivity index (χ3v) is 5.35. The zero-order valence-corrected chi connectivity index (χ0v) is 18.6. The Hall–Kier alpha value is -4.39. The van der Waals surface area contributed by atoms with Crippen LogP contribution < -0.4 is 10.1 Å². The molecule has 0 bridgehead atoms. The van der Waals surface area contributed by atoms with Gasteiger partial charge in [0, 0.05) is 29.1 Å². The Labute approximate surface area is 196 Å². The van der Waals surface area contributed by atoms with Crippen LogP contribution in [0, 0.1) is 0 Å². The molecule has 0 radical (unpaired) electrons. The summed E-state index contributed by atoms with van der Waals surface area (Å²) in [6.45, 7) is 1.51. The summed E-state index contributed by atoms with van der Waals surface area (Å²) in [6, 6.07) is 23.7. The standard InChI is InChI=1S/C27H24N2O5/c1-18(25(30)19-10-4-2-5-11-19)33-26(31)24(29-27(32)34-21-12-6-3-7-13-21)16-20-17-28-23-15-9-8-14-22(20)23/h2-15,17-18,24,28H,16H2,1H3,(H,29,32)/t18-,24+/m0/s1. The number of para-hydroxylation sites is 2. The second-order valence-electron chi connectivity index (χ2n) is 7.77. The molecule has 7 nitrogen and oxygen atoms in total. The summed E-state index contributed by atoms with van der Waals surface area (Å²) in [7, 11) is 0. The van der Waals surface area contributed by atoms with Crippen LogP contribution in [0.4, 0.5) is 4.79 Å². The van der Waals surface area contributed by atoms with Crippen LogP contribution in [-0.4, -0.2) is 35.0 Å². The fraction of sp³-hybridized carbons (Fsp3) is 0.148. The van der Waals surface area contributed by atoms with Gasteiger partial charge in [0.2, 0.25) is 5.78 Å². The molecule has 0 aliphatic carbocycles. The predicted molar refractivity (Wildman–Crippen MR) is 128 cm³/mol. The lowest BCUT2D eigenvalue weighted by atomic mass is 10.0. The monoisotopic (exact) mass is 456 g/mol. The van der Waals surface area contributed by atoms with Crippen molar-refractivity contribution in [3.63, 3.8) is 0 Å². The number of aromatic amines is 1. The molecule has 1 heterocycles. The number of carbonyl (C=O) groups excluding carboxylic acids is 3. The van der Waals surface area contributed by atoms with E-state index in [1.165, 1.54) is 6.92 Å². The first-order valence-electron chi connectivity index (χ1n) is 10.9. The van der Waals surface area contributed by atoms with E-state index in [1.54, 1.807) is 66.9 Å². The Morgan fingerprint density at radius 1 is 0.882 bits per heavy atom. The van der Waals surface area contributed by atoms with Gasteiger partial charge in [-0.3, -0.25) is 4.79 Å². The molecule has 2 atom stereocenters. The van der Waals surface area contributed by atoms with Crippen LogP contribution in [-0.2, 0) is 16.0 Å². The molecular weight excluding hydrogens is 432 g/mol. The summed E-state index contributed by atoms with van der Waals surface area (Å²) in [4.78, 5) is 41.4. The van der Waals surface area contributed by atoms with Crippen LogP contribution in [0.25, 0.3) is 10.9 Å². The molecule has 0 fully saturated rings. The maximum absolute atomic E-state index is 13.1. The highest BCUT2D eigenvalue weighted by molar-refractivity contribution is 6.00. The number of hydrogen-bond donors (Lipinski definition) is 2. The smallest absolute Gasteiger partial charge is 0.413 e. The number of rotatable bonds is 8. The lowest BCUT2D eigenvalue weighted by Gasteiger charge is -2.20. The van der Waals surface area contributed by atoms with Gasteiger partial charge in [0.1, 0.15) is 11.8 Å². The first kappa shape index (κ1) is 22.8. The summed E-state index contributed by atoms with van der Waals surface area (Å²) in [5, 5.41) is 3.51.